The van der Waals surface area contributed by atoms with Gasteiger partial charge in [-0.2, -0.15) is 0 Å². The maximum absolute atomic E-state index is 5.17. The molecular formula is C18H13NO. The van der Waals surface area contributed by atoms with Crippen molar-refractivity contribution in [2.75, 3.05) is 0 Å². The molecule has 4 rings (SSSR count). The fourth-order valence-corrected chi connectivity index (χ4v) is 2.71. The largest absolute Gasteiger partial charge is 0.472 e. The molecular weight excluding hydrogens is 246 g/mol. The van der Waals surface area contributed by atoms with Gasteiger partial charge in [-0.25, -0.2) is 4.98 Å². The molecule has 20 heavy (non-hydrogen) atoms. The summed E-state index contributed by atoms with van der Waals surface area (Å²) in [5, 5.41) is 2.41. The van der Waals surface area contributed by atoms with Crippen molar-refractivity contribution in [3.05, 3.63) is 66.6 Å². The Bertz CT molecular complexity index is 907. The van der Waals surface area contributed by atoms with E-state index in [-0.39, 0.29) is 0 Å². The van der Waals surface area contributed by atoms with Crippen molar-refractivity contribution in [1.29, 1.82) is 0 Å². The third-order valence-electron chi connectivity index (χ3n) is 3.80. The molecule has 0 aliphatic heterocycles. The molecule has 0 amide bonds. The summed E-state index contributed by atoms with van der Waals surface area (Å²) >= 11 is 0. The first-order valence-electron chi connectivity index (χ1n) is 6.64. The van der Waals surface area contributed by atoms with E-state index in [0.717, 1.165) is 22.2 Å². The molecule has 0 aliphatic rings. The molecule has 2 aromatic carbocycles. The highest BCUT2D eigenvalue weighted by atomic mass is 16.3. The van der Waals surface area contributed by atoms with E-state index in [1.807, 2.05) is 12.1 Å². The molecule has 0 bridgehead atoms. The van der Waals surface area contributed by atoms with Crippen LogP contribution in [0.1, 0.15) is 5.56 Å². The first-order chi connectivity index (χ1) is 9.83. The van der Waals surface area contributed by atoms with E-state index in [0.29, 0.717) is 0 Å². The van der Waals surface area contributed by atoms with Crippen molar-refractivity contribution in [3.63, 3.8) is 0 Å². The van der Waals surface area contributed by atoms with Crippen LogP contribution in [0.25, 0.3) is 32.9 Å². The van der Waals surface area contributed by atoms with Crippen LogP contribution < -0.4 is 0 Å². The third-order valence-corrected chi connectivity index (χ3v) is 3.80. The zero-order valence-corrected chi connectivity index (χ0v) is 11.1. The van der Waals surface area contributed by atoms with Gasteiger partial charge in [0.05, 0.1) is 23.6 Å². The fourth-order valence-electron chi connectivity index (χ4n) is 2.71. The van der Waals surface area contributed by atoms with Gasteiger partial charge < -0.3 is 4.42 Å². The van der Waals surface area contributed by atoms with Crippen molar-refractivity contribution in [1.82, 2.24) is 4.98 Å². The van der Waals surface area contributed by atoms with Crippen LogP contribution in [0.3, 0.4) is 0 Å². The zero-order chi connectivity index (χ0) is 13.5. The predicted molar refractivity (Wildman–Crippen MR) is 81.7 cm³/mol. The average Bonchev–Trinajstić information content (AvgIpc) is 3.02. The van der Waals surface area contributed by atoms with Crippen molar-refractivity contribution in [3.8, 4) is 11.1 Å². The van der Waals surface area contributed by atoms with Gasteiger partial charge >= 0.3 is 0 Å². The molecule has 2 aromatic heterocycles. The van der Waals surface area contributed by atoms with Crippen LogP contribution in [0.2, 0.25) is 0 Å². The Morgan fingerprint density at radius 3 is 2.55 bits per heavy atom. The average molecular weight is 259 g/mol. The summed E-state index contributed by atoms with van der Waals surface area (Å²) in [4.78, 5) is 4.74. The lowest BCUT2D eigenvalue weighted by molar-refractivity contribution is 0.568. The van der Waals surface area contributed by atoms with Crippen LogP contribution in [0, 0.1) is 6.92 Å². The molecule has 96 valence electrons. The summed E-state index contributed by atoms with van der Waals surface area (Å²) in [6.45, 7) is 2.16. The van der Waals surface area contributed by atoms with E-state index in [2.05, 4.69) is 43.3 Å². The minimum absolute atomic E-state index is 1.04. The van der Waals surface area contributed by atoms with E-state index in [1.54, 1.807) is 12.5 Å². The lowest BCUT2D eigenvalue weighted by Gasteiger charge is -2.08. The summed E-state index contributed by atoms with van der Waals surface area (Å²) in [7, 11) is 0. The molecule has 0 saturated carbocycles. The number of hydrogen-bond acceptors (Lipinski definition) is 2. The maximum Gasteiger partial charge on any atom is 0.0980 e. The van der Waals surface area contributed by atoms with E-state index >= 15 is 0 Å². The third kappa shape index (κ3) is 1.62. The number of para-hydroxylation sites is 1. The number of hydrogen-bond donors (Lipinski definition) is 0. The summed E-state index contributed by atoms with van der Waals surface area (Å²) < 4.78 is 5.17. The van der Waals surface area contributed by atoms with Gasteiger partial charge in [-0.05, 0) is 42.3 Å². The van der Waals surface area contributed by atoms with E-state index in [9.17, 15) is 0 Å². The molecule has 4 aromatic rings. The number of fused-ring (bicyclic) bond motifs is 2. The molecule has 0 fully saturated rings. The Morgan fingerprint density at radius 1 is 0.850 bits per heavy atom. The number of benzene rings is 2. The molecule has 0 saturated heterocycles. The fraction of sp³-hybridized carbons (Fsp3) is 0.0556. The molecule has 2 heterocycles. The van der Waals surface area contributed by atoms with Crippen LogP contribution in [0.15, 0.2) is 65.5 Å². The van der Waals surface area contributed by atoms with Crippen LogP contribution >= 0.6 is 0 Å². The van der Waals surface area contributed by atoms with Gasteiger partial charge in [0, 0.05) is 16.3 Å². The number of pyridine rings is 1. The second-order valence-electron chi connectivity index (χ2n) is 5.00. The number of aromatic nitrogens is 1. The summed E-state index contributed by atoms with van der Waals surface area (Å²) in [6, 6.07) is 16.6. The van der Waals surface area contributed by atoms with Crippen molar-refractivity contribution in [2.45, 2.75) is 6.92 Å². The molecule has 0 spiro atoms. The first-order valence-corrected chi connectivity index (χ1v) is 6.64. The van der Waals surface area contributed by atoms with Gasteiger partial charge in [-0.15, -0.1) is 0 Å². The topological polar surface area (TPSA) is 26.0 Å². The Hall–Kier alpha value is -2.61. The van der Waals surface area contributed by atoms with Crippen molar-refractivity contribution in [2.24, 2.45) is 0 Å². The Balaban J connectivity index is 2.07. The molecule has 2 nitrogen and oxygen atoms in total. The lowest BCUT2D eigenvalue weighted by atomic mass is 10.0. The Morgan fingerprint density at radius 2 is 1.70 bits per heavy atom. The van der Waals surface area contributed by atoms with Gasteiger partial charge in [-0.1, -0.05) is 24.3 Å². The quantitative estimate of drug-likeness (QED) is 0.452. The van der Waals surface area contributed by atoms with E-state index in [1.165, 1.54) is 16.3 Å². The highest BCUT2D eigenvalue weighted by Crippen LogP contribution is 2.29. The lowest BCUT2D eigenvalue weighted by Crippen LogP contribution is -1.88. The van der Waals surface area contributed by atoms with Crippen molar-refractivity contribution < 1.29 is 4.42 Å². The number of nitrogens with zero attached hydrogens (tertiary/aromatic N) is 1. The molecule has 0 N–H and O–H groups in total. The second-order valence-corrected chi connectivity index (χ2v) is 5.00. The molecule has 0 aliphatic carbocycles. The van der Waals surface area contributed by atoms with Gasteiger partial charge in [0.15, 0.2) is 0 Å². The van der Waals surface area contributed by atoms with Gasteiger partial charge in [0.25, 0.3) is 0 Å². The molecule has 0 unspecified atom stereocenters. The van der Waals surface area contributed by atoms with Gasteiger partial charge in [0.1, 0.15) is 0 Å². The summed E-state index contributed by atoms with van der Waals surface area (Å²) in [5.41, 5.74) is 5.61. The first kappa shape index (κ1) is 11.2. The maximum atomic E-state index is 5.17. The van der Waals surface area contributed by atoms with Gasteiger partial charge in [-0.3, -0.25) is 0 Å². The highest BCUT2D eigenvalue weighted by Gasteiger charge is 2.07. The van der Waals surface area contributed by atoms with Crippen LogP contribution in [-0.2, 0) is 0 Å². The SMILES string of the molecule is Cc1c2ccccc2nc2ccc(-c3ccoc3)cc12. The zero-order valence-electron chi connectivity index (χ0n) is 11.1. The van der Waals surface area contributed by atoms with Crippen molar-refractivity contribution >= 4 is 21.8 Å². The number of aryl methyl sites for hydroxylation is 1. The van der Waals surface area contributed by atoms with Crippen LogP contribution in [0.4, 0.5) is 0 Å². The van der Waals surface area contributed by atoms with Gasteiger partial charge in [0.2, 0.25) is 0 Å². The van der Waals surface area contributed by atoms with E-state index < -0.39 is 0 Å². The second kappa shape index (κ2) is 4.20. The van der Waals surface area contributed by atoms with Crippen LogP contribution in [0.5, 0.6) is 0 Å². The highest BCUT2D eigenvalue weighted by molar-refractivity contribution is 5.98. The number of furan rings is 1. The standard InChI is InChI=1S/C18H13NO/c1-12-15-4-2-3-5-17(15)19-18-7-6-13(10-16(12)18)14-8-9-20-11-14/h2-11H,1H3. The summed E-state index contributed by atoms with van der Waals surface area (Å²) in [6.07, 6.45) is 3.47. The molecule has 2 heteroatoms. The number of rotatable bonds is 1. The van der Waals surface area contributed by atoms with Crippen LogP contribution in [-0.4, -0.2) is 4.98 Å². The predicted octanol–water partition coefficient (Wildman–Crippen LogP) is 4.96. The minimum atomic E-state index is 1.04. The molecule has 0 atom stereocenters. The van der Waals surface area contributed by atoms with E-state index in [4.69, 9.17) is 9.40 Å². The molecule has 0 radical (unpaired) electrons. The Labute approximate surface area is 116 Å². The minimum Gasteiger partial charge on any atom is -0.472 e. The Kier molecular flexibility index (Phi) is 2.36. The normalized spacial score (nSPS) is 11.2. The summed E-state index contributed by atoms with van der Waals surface area (Å²) in [5.74, 6) is 0. The monoisotopic (exact) mass is 259 g/mol. The smallest absolute Gasteiger partial charge is 0.0980 e.